The molecule has 2 N–H and O–H groups in total. The van der Waals surface area contributed by atoms with Crippen molar-refractivity contribution >= 4 is 23.4 Å². The first-order valence-corrected chi connectivity index (χ1v) is 7.25. The number of rotatable bonds is 5. The first-order valence-electron chi connectivity index (χ1n) is 6.00. The summed E-state index contributed by atoms with van der Waals surface area (Å²) in [5, 5.41) is 0.885. The van der Waals surface area contributed by atoms with Crippen LogP contribution in [0, 0.1) is 0 Å². The molecule has 0 saturated heterocycles. The quantitative estimate of drug-likeness (QED) is 0.842. The molecule has 1 atom stereocenters. The first-order chi connectivity index (χ1) is 9.24. The minimum atomic E-state index is 0.148. The molecule has 0 bridgehead atoms. The Morgan fingerprint density at radius 2 is 2.00 bits per heavy atom. The molecular formula is C15H16ClNOS. The summed E-state index contributed by atoms with van der Waals surface area (Å²) in [6.07, 6.45) is 0. The van der Waals surface area contributed by atoms with Crippen molar-refractivity contribution in [1.82, 2.24) is 0 Å². The lowest BCUT2D eigenvalue weighted by atomic mass is 10.1. The van der Waals surface area contributed by atoms with Gasteiger partial charge in [-0.15, -0.1) is 11.8 Å². The van der Waals surface area contributed by atoms with Gasteiger partial charge in [-0.2, -0.15) is 0 Å². The van der Waals surface area contributed by atoms with Crippen LogP contribution in [0.4, 0.5) is 0 Å². The smallest absolute Gasteiger partial charge is 0.123 e. The Morgan fingerprint density at radius 3 is 2.68 bits per heavy atom. The van der Waals surface area contributed by atoms with Gasteiger partial charge in [0.1, 0.15) is 5.75 Å². The molecule has 0 aliphatic rings. The zero-order valence-electron chi connectivity index (χ0n) is 10.7. The number of benzene rings is 2. The van der Waals surface area contributed by atoms with Crippen molar-refractivity contribution < 1.29 is 4.74 Å². The third kappa shape index (κ3) is 3.66. The summed E-state index contributed by atoms with van der Waals surface area (Å²) in [6.45, 7) is 0.539. The lowest BCUT2D eigenvalue weighted by Gasteiger charge is -2.17. The van der Waals surface area contributed by atoms with Crippen LogP contribution in [0.5, 0.6) is 5.75 Å². The standard InChI is InChI=1S/C15H16ClNOS/c1-18-14-8-3-2-7-13(14)15(10-17)19-12-6-4-5-11(16)9-12/h2-9,15H,10,17H2,1H3. The van der Waals surface area contributed by atoms with Crippen LogP contribution >= 0.6 is 23.4 Å². The van der Waals surface area contributed by atoms with Crippen molar-refractivity contribution in [3.05, 3.63) is 59.1 Å². The molecule has 0 amide bonds. The Morgan fingerprint density at radius 1 is 1.21 bits per heavy atom. The van der Waals surface area contributed by atoms with Gasteiger partial charge in [-0.05, 0) is 24.3 Å². The SMILES string of the molecule is COc1ccccc1C(CN)Sc1cccc(Cl)c1. The number of hydrogen-bond donors (Lipinski definition) is 1. The second-order valence-electron chi connectivity index (χ2n) is 4.04. The van der Waals surface area contributed by atoms with Crippen molar-refractivity contribution in [3.8, 4) is 5.75 Å². The van der Waals surface area contributed by atoms with Crippen LogP contribution in [0.1, 0.15) is 10.8 Å². The number of nitrogens with two attached hydrogens (primary N) is 1. The van der Waals surface area contributed by atoms with Crippen molar-refractivity contribution in [3.63, 3.8) is 0 Å². The van der Waals surface area contributed by atoms with E-state index in [4.69, 9.17) is 22.1 Å². The maximum absolute atomic E-state index is 6.01. The molecule has 2 aromatic rings. The Labute approximate surface area is 122 Å². The number of para-hydroxylation sites is 1. The predicted molar refractivity (Wildman–Crippen MR) is 82.1 cm³/mol. The maximum Gasteiger partial charge on any atom is 0.123 e. The monoisotopic (exact) mass is 293 g/mol. The molecule has 0 heterocycles. The van der Waals surface area contributed by atoms with E-state index in [0.717, 1.165) is 21.2 Å². The Hall–Kier alpha value is -1.16. The second-order valence-corrected chi connectivity index (χ2v) is 5.75. The van der Waals surface area contributed by atoms with E-state index < -0.39 is 0 Å². The van der Waals surface area contributed by atoms with Gasteiger partial charge < -0.3 is 10.5 Å². The fourth-order valence-corrected chi connectivity index (χ4v) is 3.23. The van der Waals surface area contributed by atoms with Crippen molar-refractivity contribution in [2.24, 2.45) is 5.73 Å². The maximum atomic E-state index is 6.01. The molecule has 0 aliphatic heterocycles. The average molecular weight is 294 g/mol. The van der Waals surface area contributed by atoms with Gasteiger partial charge in [0, 0.05) is 22.0 Å². The Bertz CT molecular complexity index is 547. The molecule has 0 saturated carbocycles. The number of methoxy groups -OCH3 is 1. The fourth-order valence-electron chi connectivity index (χ4n) is 1.88. The molecule has 4 heteroatoms. The normalized spacial score (nSPS) is 12.2. The van der Waals surface area contributed by atoms with Crippen LogP contribution in [0.3, 0.4) is 0 Å². The molecule has 100 valence electrons. The van der Waals surface area contributed by atoms with Crippen molar-refractivity contribution in [2.75, 3.05) is 13.7 Å². The summed E-state index contributed by atoms with van der Waals surface area (Å²) in [5.41, 5.74) is 7.01. The molecule has 2 aromatic carbocycles. The highest BCUT2D eigenvalue weighted by Crippen LogP contribution is 2.39. The van der Waals surface area contributed by atoms with Crippen LogP contribution in [-0.4, -0.2) is 13.7 Å². The van der Waals surface area contributed by atoms with E-state index in [-0.39, 0.29) is 5.25 Å². The predicted octanol–water partition coefficient (Wildman–Crippen LogP) is 4.14. The summed E-state index contributed by atoms with van der Waals surface area (Å²) in [5.74, 6) is 0.868. The molecule has 1 unspecified atom stereocenters. The summed E-state index contributed by atoms with van der Waals surface area (Å²) in [6, 6.07) is 15.8. The summed E-state index contributed by atoms with van der Waals surface area (Å²) < 4.78 is 5.39. The van der Waals surface area contributed by atoms with E-state index >= 15 is 0 Å². The fraction of sp³-hybridized carbons (Fsp3) is 0.200. The summed E-state index contributed by atoms with van der Waals surface area (Å²) in [7, 11) is 1.68. The largest absolute Gasteiger partial charge is 0.496 e. The number of ether oxygens (including phenoxy) is 1. The minimum Gasteiger partial charge on any atom is -0.496 e. The molecule has 0 fully saturated rings. The van der Waals surface area contributed by atoms with Crippen LogP contribution in [0.25, 0.3) is 0 Å². The third-order valence-corrected chi connectivity index (χ3v) is 4.27. The van der Waals surface area contributed by atoms with Gasteiger partial charge in [-0.1, -0.05) is 35.9 Å². The van der Waals surface area contributed by atoms with Crippen LogP contribution in [0.2, 0.25) is 5.02 Å². The van der Waals surface area contributed by atoms with Gasteiger partial charge in [-0.25, -0.2) is 0 Å². The van der Waals surface area contributed by atoms with E-state index in [9.17, 15) is 0 Å². The number of halogens is 1. The first kappa shape index (κ1) is 14.3. The van der Waals surface area contributed by atoms with Gasteiger partial charge in [-0.3, -0.25) is 0 Å². The van der Waals surface area contributed by atoms with E-state index in [1.54, 1.807) is 18.9 Å². The molecule has 2 rings (SSSR count). The summed E-state index contributed by atoms with van der Waals surface area (Å²) in [4.78, 5) is 1.11. The van der Waals surface area contributed by atoms with Gasteiger partial charge in [0.05, 0.1) is 12.4 Å². The number of hydrogen-bond acceptors (Lipinski definition) is 3. The molecule has 19 heavy (non-hydrogen) atoms. The minimum absolute atomic E-state index is 0.148. The third-order valence-electron chi connectivity index (χ3n) is 2.77. The molecule has 0 radical (unpaired) electrons. The van der Waals surface area contributed by atoms with Gasteiger partial charge in [0.15, 0.2) is 0 Å². The van der Waals surface area contributed by atoms with Gasteiger partial charge >= 0.3 is 0 Å². The highest BCUT2D eigenvalue weighted by atomic mass is 35.5. The Kier molecular flexibility index (Phi) is 5.14. The molecular weight excluding hydrogens is 278 g/mol. The van der Waals surface area contributed by atoms with Crippen LogP contribution in [0.15, 0.2) is 53.4 Å². The average Bonchev–Trinajstić information content (AvgIpc) is 2.45. The summed E-state index contributed by atoms with van der Waals surface area (Å²) >= 11 is 7.70. The molecule has 2 nitrogen and oxygen atoms in total. The highest BCUT2D eigenvalue weighted by Gasteiger charge is 2.15. The highest BCUT2D eigenvalue weighted by molar-refractivity contribution is 7.99. The zero-order chi connectivity index (χ0) is 13.7. The molecule has 0 aromatic heterocycles. The van der Waals surface area contributed by atoms with E-state index in [0.29, 0.717) is 6.54 Å². The van der Waals surface area contributed by atoms with Gasteiger partial charge in [0.2, 0.25) is 0 Å². The van der Waals surface area contributed by atoms with E-state index in [1.807, 2.05) is 48.5 Å². The lowest BCUT2D eigenvalue weighted by molar-refractivity contribution is 0.409. The van der Waals surface area contributed by atoms with E-state index in [2.05, 4.69) is 0 Å². The van der Waals surface area contributed by atoms with Crippen LogP contribution in [-0.2, 0) is 0 Å². The van der Waals surface area contributed by atoms with E-state index in [1.165, 1.54) is 0 Å². The van der Waals surface area contributed by atoms with Crippen molar-refractivity contribution in [2.45, 2.75) is 10.1 Å². The zero-order valence-corrected chi connectivity index (χ0v) is 12.2. The number of thioether (sulfide) groups is 1. The van der Waals surface area contributed by atoms with Crippen LogP contribution < -0.4 is 10.5 Å². The van der Waals surface area contributed by atoms with Gasteiger partial charge in [0.25, 0.3) is 0 Å². The second kappa shape index (κ2) is 6.85. The molecule has 0 spiro atoms. The topological polar surface area (TPSA) is 35.2 Å². The molecule has 0 aliphatic carbocycles. The Balaban J connectivity index is 2.25. The van der Waals surface area contributed by atoms with Crippen molar-refractivity contribution in [1.29, 1.82) is 0 Å². The lowest BCUT2D eigenvalue weighted by Crippen LogP contribution is -2.10.